The molecule has 1 amide bonds. The Labute approximate surface area is 121 Å². The van der Waals surface area contributed by atoms with Crippen LogP contribution in [0.25, 0.3) is 0 Å². The number of hydrogen-bond acceptors (Lipinski definition) is 4. The third-order valence-electron chi connectivity index (χ3n) is 3.32. The molecule has 1 fully saturated rings. The second-order valence-corrected chi connectivity index (χ2v) is 7.80. The molecule has 1 aliphatic heterocycles. The van der Waals surface area contributed by atoms with Crippen LogP contribution >= 0.6 is 0 Å². The van der Waals surface area contributed by atoms with E-state index in [0.717, 1.165) is 0 Å². The summed E-state index contributed by atoms with van der Waals surface area (Å²) in [6.45, 7) is 7.29. The van der Waals surface area contributed by atoms with Gasteiger partial charge in [-0.1, -0.05) is 13.8 Å². The first-order valence-electron chi connectivity index (χ1n) is 7.07. The van der Waals surface area contributed by atoms with E-state index in [-0.39, 0.29) is 11.9 Å². The molecule has 118 valence electrons. The number of hydrogen-bond donors (Lipinski definition) is 1. The maximum atomic E-state index is 11.9. The van der Waals surface area contributed by atoms with Gasteiger partial charge >= 0.3 is 0 Å². The minimum Gasteiger partial charge on any atom is -0.368 e. The number of amides is 1. The molecular weight excluding hydrogens is 280 g/mol. The summed E-state index contributed by atoms with van der Waals surface area (Å²) in [4.78, 5) is 11.9. The predicted octanol–water partition coefficient (Wildman–Crippen LogP) is 0.588. The van der Waals surface area contributed by atoms with Crippen LogP contribution in [0.3, 0.4) is 0 Å². The molecule has 0 saturated carbocycles. The zero-order valence-electron chi connectivity index (χ0n) is 12.8. The number of carbonyl (C=O) groups is 1. The highest BCUT2D eigenvalue weighted by atomic mass is 32.2. The van der Waals surface area contributed by atoms with E-state index in [0.29, 0.717) is 38.5 Å². The van der Waals surface area contributed by atoms with Gasteiger partial charge in [0.1, 0.15) is 6.10 Å². The Hall–Kier alpha value is -0.660. The molecule has 7 heteroatoms. The maximum Gasteiger partial charge on any atom is 0.249 e. The number of sulfonamides is 1. The van der Waals surface area contributed by atoms with Gasteiger partial charge in [0.2, 0.25) is 15.9 Å². The van der Waals surface area contributed by atoms with E-state index < -0.39 is 16.1 Å². The van der Waals surface area contributed by atoms with Crippen LogP contribution in [0.1, 0.15) is 33.6 Å². The molecule has 0 aromatic rings. The van der Waals surface area contributed by atoms with Gasteiger partial charge in [-0.15, -0.1) is 0 Å². The molecule has 1 saturated heterocycles. The van der Waals surface area contributed by atoms with Crippen LogP contribution in [0.15, 0.2) is 0 Å². The van der Waals surface area contributed by atoms with Gasteiger partial charge < -0.3 is 10.1 Å². The zero-order chi connectivity index (χ0) is 15.3. The van der Waals surface area contributed by atoms with Crippen LogP contribution in [0, 0.1) is 5.92 Å². The molecule has 20 heavy (non-hydrogen) atoms. The molecule has 1 aliphatic rings. The van der Waals surface area contributed by atoms with Crippen molar-refractivity contribution in [2.24, 2.45) is 5.92 Å². The second kappa shape index (κ2) is 7.38. The van der Waals surface area contributed by atoms with E-state index in [4.69, 9.17) is 4.74 Å². The Balaban J connectivity index is 2.34. The fourth-order valence-electron chi connectivity index (χ4n) is 2.06. The van der Waals surface area contributed by atoms with E-state index in [1.807, 2.05) is 13.8 Å². The van der Waals surface area contributed by atoms with E-state index in [1.54, 1.807) is 6.92 Å². The molecule has 1 N–H and O–H groups in total. The lowest BCUT2D eigenvalue weighted by atomic mass is 10.1. The normalized spacial score (nSPS) is 20.1. The highest BCUT2D eigenvalue weighted by molar-refractivity contribution is 7.88. The van der Waals surface area contributed by atoms with Gasteiger partial charge in [0.25, 0.3) is 0 Å². The summed E-state index contributed by atoms with van der Waals surface area (Å²) in [5.41, 5.74) is 0. The van der Waals surface area contributed by atoms with E-state index in [2.05, 4.69) is 5.32 Å². The lowest BCUT2D eigenvalue weighted by molar-refractivity contribution is -0.133. The number of piperidine rings is 1. The summed E-state index contributed by atoms with van der Waals surface area (Å²) >= 11 is 0. The third kappa shape index (κ3) is 5.76. The molecule has 1 atom stereocenters. The quantitative estimate of drug-likeness (QED) is 0.779. The lowest BCUT2D eigenvalue weighted by Crippen LogP contribution is -2.48. The minimum absolute atomic E-state index is 0.0330. The third-order valence-corrected chi connectivity index (χ3v) is 4.62. The number of nitrogens with zero attached hydrogens (tertiary/aromatic N) is 1. The van der Waals surface area contributed by atoms with Gasteiger partial charge in [0.05, 0.1) is 6.26 Å². The van der Waals surface area contributed by atoms with Crippen molar-refractivity contribution in [3.05, 3.63) is 0 Å². The molecule has 0 bridgehead atoms. The van der Waals surface area contributed by atoms with Gasteiger partial charge in [-0.05, 0) is 25.7 Å². The molecule has 1 rings (SSSR count). The van der Waals surface area contributed by atoms with Crippen molar-refractivity contribution in [1.29, 1.82) is 0 Å². The first-order valence-corrected chi connectivity index (χ1v) is 8.92. The van der Waals surface area contributed by atoms with Crippen LogP contribution in [0.4, 0.5) is 0 Å². The Bertz CT molecular complexity index is 414. The fourth-order valence-corrected chi connectivity index (χ4v) is 2.94. The Morgan fingerprint density at radius 3 is 2.30 bits per heavy atom. The summed E-state index contributed by atoms with van der Waals surface area (Å²) in [5.74, 6) is 0.270. The molecule has 6 nitrogen and oxygen atoms in total. The van der Waals surface area contributed by atoms with Crippen LogP contribution in [-0.2, 0) is 19.6 Å². The minimum atomic E-state index is -3.12. The smallest absolute Gasteiger partial charge is 0.249 e. The summed E-state index contributed by atoms with van der Waals surface area (Å²) in [6.07, 6.45) is 2.05. The molecular formula is C13H26N2O4S. The Kier molecular flexibility index (Phi) is 6.42. The SMILES string of the molecule is CC(C)CO[C@@H](C)C(=O)NC1CCN(S(C)(=O)=O)CC1. The van der Waals surface area contributed by atoms with Crippen LogP contribution in [0.5, 0.6) is 0 Å². The van der Waals surface area contributed by atoms with Crippen LogP contribution < -0.4 is 5.32 Å². The second-order valence-electron chi connectivity index (χ2n) is 5.81. The van der Waals surface area contributed by atoms with Crippen molar-refractivity contribution in [1.82, 2.24) is 9.62 Å². The molecule has 0 unspecified atom stereocenters. The van der Waals surface area contributed by atoms with Crippen molar-refractivity contribution < 1.29 is 17.9 Å². The molecule has 0 aliphatic carbocycles. The number of ether oxygens (including phenoxy) is 1. The first kappa shape index (κ1) is 17.4. The van der Waals surface area contributed by atoms with Gasteiger partial charge in [-0.2, -0.15) is 0 Å². The summed E-state index contributed by atoms with van der Waals surface area (Å²) in [5, 5.41) is 2.93. The Morgan fingerprint density at radius 2 is 1.85 bits per heavy atom. The lowest BCUT2D eigenvalue weighted by Gasteiger charge is -2.31. The van der Waals surface area contributed by atoms with Crippen molar-refractivity contribution >= 4 is 15.9 Å². The predicted molar refractivity (Wildman–Crippen MR) is 77.8 cm³/mol. The highest BCUT2D eigenvalue weighted by Crippen LogP contribution is 2.13. The molecule has 0 aromatic heterocycles. The monoisotopic (exact) mass is 306 g/mol. The summed E-state index contributed by atoms with van der Waals surface area (Å²) < 4.78 is 29.7. The number of rotatable bonds is 6. The number of carbonyl (C=O) groups excluding carboxylic acids is 1. The average molecular weight is 306 g/mol. The van der Waals surface area contributed by atoms with Gasteiger partial charge in [0.15, 0.2) is 0 Å². The largest absolute Gasteiger partial charge is 0.368 e. The van der Waals surface area contributed by atoms with Crippen molar-refractivity contribution in [3.8, 4) is 0 Å². The van der Waals surface area contributed by atoms with E-state index >= 15 is 0 Å². The number of nitrogens with one attached hydrogen (secondary N) is 1. The average Bonchev–Trinajstić information content (AvgIpc) is 2.35. The van der Waals surface area contributed by atoms with E-state index in [1.165, 1.54) is 10.6 Å². The standard InChI is InChI=1S/C13H26N2O4S/c1-10(2)9-19-11(3)13(16)14-12-5-7-15(8-6-12)20(4,17)18/h10-12H,5-9H2,1-4H3,(H,14,16)/t11-/m0/s1. The zero-order valence-corrected chi connectivity index (χ0v) is 13.6. The van der Waals surface area contributed by atoms with Gasteiger partial charge in [0, 0.05) is 25.7 Å². The van der Waals surface area contributed by atoms with Crippen molar-refractivity contribution in [2.75, 3.05) is 26.0 Å². The molecule has 0 radical (unpaired) electrons. The molecule has 0 spiro atoms. The van der Waals surface area contributed by atoms with Crippen molar-refractivity contribution in [2.45, 2.75) is 45.8 Å². The van der Waals surface area contributed by atoms with E-state index in [9.17, 15) is 13.2 Å². The first-order chi connectivity index (χ1) is 9.20. The fraction of sp³-hybridized carbons (Fsp3) is 0.923. The molecule has 0 aromatic carbocycles. The van der Waals surface area contributed by atoms with Crippen molar-refractivity contribution in [3.63, 3.8) is 0 Å². The van der Waals surface area contributed by atoms with Crippen LogP contribution in [-0.4, -0.2) is 56.7 Å². The topological polar surface area (TPSA) is 75.7 Å². The maximum absolute atomic E-state index is 11.9. The van der Waals surface area contributed by atoms with Gasteiger partial charge in [-0.25, -0.2) is 12.7 Å². The summed E-state index contributed by atoms with van der Waals surface area (Å²) in [6, 6.07) is 0.0330. The Morgan fingerprint density at radius 1 is 1.30 bits per heavy atom. The highest BCUT2D eigenvalue weighted by Gasteiger charge is 2.26. The molecule has 1 heterocycles. The van der Waals surface area contributed by atoms with Gasteiger partial charge in [-0.3, -0.25) is 4.79 Å². The van der Waals surface area contributed by atoms with Crippen LogP contribution in [0.2, 0.25) is 0 Å². The summed E-state index contributed by atoms with van der Waals surface area (Å²) in [7, 11) is -3.12.